The van der Waals surface area contributed by atoms with Gasteiger partial charge in [0.15, 0.2) is 0 Å². The van der Waals surface area contributed by atoms with Crippen molar-refractivity contribution in [3.63, 3.8) is 0 Å². The molecule has 5 amide bonds. The highest BCUT2D eigenvalue weighted by Gasteiger charge is 2.61. The number of benzene rings is 4. The van der Waals surface area contributed by atoms with Gasteiger partial charge < -0.3 is 35.4 Å². The van der Waals surface area contributed by atoms with Gasteiger partial charge in [0.25, 0.3) is 11.8 Å². The quantitative estimate of drug-likeness (QED) is 0.130. The van der Waals surface area contributed by atoms with E-state index in [9.17, 15) is 24.0 Å². The number of imide groups is 1. The van der Waals surface area contributed by atoms with E-state index in [2.05, 4.69) is 46.9 Å². The van der Waals surface area contributed by atoms with Crippen molar-refractivity contribution in [1.29, 1.82) is 0 Å². The summed E-state index contributed by atoms with van der Waals surface area (Å²) < 4.78 is 22.2. The fraction of sp³-hybridized carbons (Fsp3) is 0.442. The molecule has 0 saturated carbocycles. The third-order valence-corrected chi connectivity index (χ3v) is 15.9. The van der Waals surface area contributed by atoms with Crippen molar-refractivity contribution in [2.75, 3.05) is 55.4 Å². The fourth-order valence-corrected chi connectivity index (χ4v) is 12.5. The largest absolute Gasteiger partial charge is 0.495 e. The number of fused-ring (bicyclic) bond motifs is 4. The first kappa shape index (κ1) is 46.1. The average molecular weight is 965 g/mol. The molecule has 1 spiro atoms. The molecule has 10 rings (SSSR count). The monoisotopic (exact) mass is 963 g/mol. The topological polar surface area (TPSA) is 152 Å². The van der Waals surface area contributed by atoms with Crippen molar-refractivity contribution in [3.05, 3.63) is 116 Å². The van der Waals surface area contributed by atoms with Crippen LogP contribution in [0.25, 0.3) is 0 Å². The molecule has 4 saturated heterocycles. The number of likely N-dealkylation sites (tertiary alicyclic amines) is 1. The van der Waals surface area contributed by atoms with E-state index in [1.165, 1.54) is 13.2 Å². The molecule has 7 atom stereocenters. The molecule has 6 aliphatic rings. The standard InChI is InChI=1S/C52H56Cl2FN7O6/c1-51(2,3)23-42-52(27-56-39-22-32(53)9-12-36(39)52)44(35-6-5-7-37(54)45(35)55)46(58-42)48(65)57-38-13-8-29(21-41(38)68-4)49(66)61-19-17-28-16-18-60(24-31(28)25-61)33-10-11-34-30(20-33)26-62(50(34)67)40-14-15-43(63)59-47(40)64/h5-13,20-22,28,31,40,42,44,46,56,58H,14-19,23-27H2,1-4H3,(H,57,65)(H,59,63,64)/t28-,31+,40?,42+,44+,46-,52+/m1/s1. The van der Waals surface area contributed by atoms with Gasteiger partial charge in [-0.2, -0.15) is 0 Å². The van der Waals surface area contributed by atoms with Crippen molar-refractivity contribution in [1.82, 2.24) is 20.4 Å². The molecule has 16 heteroatoms. The van der Waals surface area contributed by atoms with Gasteiger partial charge in [-0.15, -0.1) is 0 Å². The highest BCUT2D eigenvalue weighted by molar-refractivity contribution is 6.31. The minimum atomic E-state index is -0.895. The second-order valence-corrected chi connectivity index (χ2v) is 21.5. The number of nitrogens with one attached hydrogen (secondary N) is 4. The molecule has 0 radical (unpaired) electrons. The number of halogens is 3. The van der Waals surface area contributed by atoms with Crippen LogP contribution in [0.4, 0.5) is 21.5 Å². The van der Waals surface area contributed by atoms with Gasteiger partial charge >= 0.3 is 0 Å². The normalized spacial score (nSPS) is 26.6. The van der Waals surface area contributed by atoms with Crippen LogP contribution >= 0.6 is 23.2 Å². The summed E-state index contributed by atoms with van der Waals surface area (Å²) in [7, 11) is 1.50. The first-order valence-corrected chi connectivity index (χ1v) is 24.3. The van der Waals surface area contributed by atoms with Crippen LogP contribution < -0.4 is 30.9 Å². The first-order valence-electron chi connectivity index (χ1n) is 23.6. The Hall–Kier alpha value is -5.70. The lowest BCUT2D eigenvalue weighted by Gasteiger charge is -2.45. The van der Waals surface area contributed by atoms with E-state index in [4.69, 9.17) is 27.9 Å². The number of hydrogen-bond acceptors (Lipinski definition) is 9. The molecule has 4 aromatic rings. The fourth-order valence-electron chi connectivity index (χ4n) is 12.1. The van der Waals surface area contributed by atoms with Crippen LogP contribution in [0.15, 0.2) is 72.8 Å². The summed E-state index contributed by atoms with van der Waals surface area (Å²) in [6.45, 7) is 9.99. The maximum atomic E-state index is 16.4. The van der Waals surface area contributed by atoms with Crippen LogP contribution in [0, 0.1) is 23.1 Å². The van der Waals surface area contributed by atoms with Gasteiger partial charge in [0.1, 0.15) is 17.6 Å². The summed E-state index contributed by atoms with van der Waals surface area (Å²) in [5, 5.41) is 13.2. The van der Waals surface area contributed by atoms with Crippen LogP contribution in [0.5, 0.6) is 5.75 Å². The molecule has 0 aliphatic carbocycles. The zero-order chi connectivity index (χ0) is 47.8. The number of carbonyl (C=O) groups excluding carboxylic acids is 5. The van der Waals surface area contributed by atoms with Gasteiger partial charge in [-0.05, 0) is 114 Å². The Morgan fingerprint density at radius 1 is 0.941 bits per heavy atom. The van der Waals surface area contributed by atoms with Crippen LogP contribution in [0.1, 0.15) is 96.2 Å². The third-order valence-electron chi connectivity index (χ3n) is 15.3. The number of amides is 5. The molecule has 6 heterocycles. The maximum Gasteiger partial charge on any atom is 0.255 e. The summed E-state index contributed by atoms with van der Waals surface area (Å²) in [4.78, 5) is 72.6. The first-order chi connectivity index (χ1) is 32.5. The average Bonchev–Trinajstić information content (AvgIpc) is 3.96. The molecule has 1 unspecified atom stereocenters. The van der Waals surface area contributed by atoms with E-state index in [0.717, 1.165) is 48.4 Å². The number of piperidine rings is 3. The molecule has 356 valence electrons. The molecule has 13 nitrogen and oxygen atoms in total. The predicted octanol–water partition coefficient (Wildman–Crippen LogP) is 7.75. The number of rotatable bonds is 8. The second kappa shape index (κ2) is 17.7. The minimum Gasteiger partial charge on any atom is -0.495 e. The number of carbonyl (C=O) groups is 5. The summed E-state index contributed by atoms with van der Waals surface area (Å²) in [5.74, 6) is -1.70. The Bertz CT molecular complexity index is 2750. The van der Waals surface area contributed by atoms with Crippen molar-refractivity contribution < 1.29 is 33.1 Å². The van der Waals surface area contributed by atoms with Gasteiger partial charge in [-0.25, -0.2) is 4.39 Å². The number of hydrogen-bond donors (Lipinski definition) is 4. The maximum absolute atomic E-state index is 16.4. The summed E-state index contributed by atoms with van der Waals surface area (Å²) in [6.07, 6.45) is 3.05. The summed E-state index contributed by atoms with van der Waals surface area (Å²) in [6, 6.07) is 19.7. The molecule has 0 aromatic heterocycles. The number of methoxy groups -OCH3 is 1. The Kier molecular flexibility index (Phi) is 12.0. The molecule has 68 heavy (non-hydrogen) atoms. The van der Waals surface area contributed by atoms with Gasteiger partial charge in [0, 0.05) is 90.6 Å². The third kappa shape index (κ3) is 8.15. The Morgan fingerprint density at radius 2 is 1.75 bits per heavy atom. The van der Waals surface area contributed by atoms with E-state index in [-0.39, 0.29) is 52.4 Å². The molecule has 4 aromatic carbocycles. The van der Waals surface area contributed by atoms with Crippen molar-refractivity contribution in [2.24, 2.45) is 17.3 Å². The van der Waals surface area contributed by atoms with Crippen molar-refractivity contribution in [3.8, 4) is 5.75 Å². The highest BCUT2D eigenvalue weighted by Crippen LogP contribution is 2.57. The van der Waals surface area contributed by atoms with Crippen LogP contribution in [-0.4, -0.2) is 97.3 Å². The Morgan fingerprint density at radius 3 is 2.53 bits per heavy atom. The molecular weight excluding hydrogens is 909 g/mol. The molecule has 6 aliphatic heterocycles. The van der Waals surface area contributed by atoms with Gasteiger partial charge in [0.2, 0.25) is 17.7 Å². The lowest BCUT2D eigenvalue weighted by atomic mass is 9.63. The van der Waals surface area contributed by atoms with E-state index in [1.54, 1.807) is 35.2 Å². The zero-order valence-corrected chi connectivity index (χ0v) is 40.1. The minimum absolute atomic E-state index is 0.0234. The smallest absolute Gasteiger partial charge is 0.255 e. The Labute approximate surface area is 405 Å². The molecule has 4 fully saturated rings. The summed E-state index contributed by atoms with van der Waals surface area (Å²) in [5.41, 5.74) is 4.47. The van der Waals surface area contributed by atoms with Crippen LogP contribution in [0.2, 0.25) is 10.0 Å². The Balaban J connectivity index is 0.856. The lowest BCUT2D eigenvalue weighted by Crippen LogP contribution is -2.52. The van der Waals surface area contributed by atoms with Crippen molar-refractivity contribution >= 4 is 69.8 Å². The number of ether oxygens (including phenoxy) is 1. The zero-order valence-electron chi connectivity index (χ0n) is 38.6. The van der Waals surface area contributed by atoms with E-state index >= 15 is 4.39 Å². The van der Waals surface area contributed by atoms with Crippen LogP contribution in [-0.2, 0) is 26.3 Å². The van der Waals surface area contributed by atoms with E-state index in [1.807, 2.05) is 41.3 Å². The second-order valence-electron chi connectivity index (χ2n) is 20.6. The number of anilines is 3. The van der Waals surface area contributed by atoms with Gasteiger partial charge in [0.05, 0.1) is 23.9 Å². The predicted molar refractivity (Wildman–Crippen MR) is 259 cm³/mol. The highest BCUT2D eigenvalue weighted by atomic mass is 35.5. The SMILES string of the molecule is COc1cc(C(=O)N2CC[C@H]3CCN(c4ccc5c(c4)CN(C4CCC(=O)NC4=O)C5=O)C[C@H]3C2)ccc1NC(=O)[C@@H]1N[C@@H](CC(C)(C)C)[C@@]2(CNc3cc(Cl)ccc32)[C@H]1c1cccc(Cl)c1F. The molecule has 0 bridgehead atoms. The lowest BCUT2D eigenvalue weighted by molar-refractivity contribution is -0.137. The van der Waals surface area contributed by atoms with Crippen molar-refractivity contribution in [2.45, 2.75) is 88.9 Å². The van der Waals surface area contributed by atoms with E-state index in [0.29, 0.717) is 78.1 Å². The summed E-state index contributed by atoms with van der Waals surface area (Å²) >= 11 is 12.9. The van der Waals surface area contributed by atoms with Gasteiger partial charge in [-0.1, -0.05) is 62.2 Å². The van der Waals surface area contributed by atoms with Gasteiger partial charge in [-0.3, -0.25) is 29.3 Å². The van der Waals surface area contributed by atoms with E-state index < -0.39 is 35.1 Å². The molecular formula is C52H56Cl2FN7O6. The molecule has 4 N–H and O–H groups in total. The van der Waals surface area contributed by atoms with Crippen LogP contribution in [0.3, 0.4) is 0 Å². The number of nitrogens with zero attached hydrogens (tertiary/aromatic N) is 3.